The van der Waals surface area contributed by atoms with Gasteiger partial charge in [0.15, 0.2) is 0 Å². The molecule has 2 aliphatic carbocycles. The number of carbonyl (C=O) groups is 1. The van der Waals surface area contributed by atoms with Crippen molar-refractivity contribution in [3.05, 3.63) is 0 Å². The predicted octanol–water partition coefficient (Wildman–Crippen LogP) is 2.01. The molecule has 1 atom stereocenters. The van der Waals surface area contributed by atoms with Crippen LogP contribution in [-0.4, -0.2) is 29.9 Å². The highest BCUT2D eigenvalue weighted by Crippen LogP contribution is 2.35. The average Bonchev–Trinajstić information content (AvgIpc) is 3.14. The topological polar surface area (TPSA) is 46.3 Å². The van der Waals surface area contributed by atoms with Crippen LogP contribution in [0.1, 0.15) is 46.0 Å². The Morgan fingerprint density at radius 2 is 1.94 bits per heavy atom. The minimum atomic E-state index is 0.0503. The minimum Gasteiger partial charge on any atom is -0.339 e. The second-order valence-corrected chi connectivity index (χ2v) is 6.23. The molecule has 1 unspecified atom stereocenters. The Kier molecular flexibility index (Phi) is 4.08. The quantitative estimate of drug-likeness (QED) is 0.737. The molecule has 2 aliphatic rings. The molecule has 2 saturated carbocycles. The van der Waals surface area contributed by atoms with Crippen molar-refractivity contribution in [3.8, 4) is 0 Å². The molecule has 98 valence electrons. The van der Waals surface area contributed by atoms with Crippen molar-refractivity contribution < 1.29 is 4.79 Å². The number of hydrogen-bond donors (Lipinski definition) is 1. The summed E-state index contributed by atoms with van der Waals surface area (Å²) in [5, 5.41) is 0. The van der Waals surface area contributed by atoms with Gasteiger partial charge in [0, 0.05) is 19.1 Å². The molecule has 2 rings (SSSR count). The molecule has 3 nitrogen and oxygen atoms in total. The van der Waals surface area contributed by atoms with Crippen LogP contribution in [0.15, 0.2) is 0 Å². The van der Waals surface area contributed by atoms with Gasteiger partial charge in [0.05, 0.1) is 5.92 Å². The van der Waals surface area contributed by atoms with E-state index in [4.69, 9.17) is 5.73 Å². The van der Waals surface area contributed by atoms with Crippen molar-refractivity contribution >= 4 is 5.91 Å². The van der Waals surface area contributed by atoms with Gasteiger partial charge in [-0.05, 0) is 43.9 Å². The lowest BCUT2D eigenvalue weighted by atomic mass is 9.95. The summed E-state index contributed by atoms with van der Waals surface area (Å²) in [6.45, 7) is 5.83. The third kappa shape index (κ3) is 3.70. The largest absolute Gasteiger partial charge is 0.339 e. The fourth-order valence-corrected chi connectivity index (χ4v) is 2.49. The molecular formula is C14H26N2O. The van der Waals surface area contributed by atoms with Crippen molar-refractivity contribution in [3.63, 3.8) is 0 Å². The van der Waals surface area contributed by atoms with Gasteiger partial charge in [-0.15, -0.1) is 0 Å². The lowest BCUT2D eigenvalue weighted by Gasteiger charge is -2.27. The van der Waals surface area contributed by atoms with E-state index in [1.165, 1.54) is 25.7 Å². The molecular weight excluding hydrogens is 212 g/mol. The summed E-state index contributed by atoms with van der Waals surface area (Å²) in [5.41, 5.74) is 5.78. The van der Waals surface area contributed by atoms with Gasteiger partial charge in [-0.25, -0.2) is 0 Å². The third-order valence-corrected chi connectivity index (χ3v) is 3.81. The van der Waals surface area contributed by atoms with Crippen LogP contribution in [0.4, 0.5) is 0 Å². The van der Waals surface area contributed by atoms with Crippen molar-refractivity contribution in [1.82, 2.24) is 4.90 Å². The molecule has 3 heteroatoms. The number of carbonyl (C=O) groups excluding carboxylic acids is 1. The maximum absolute atomic E-state index is 12.5. The van der Waals surface area contributed by atoms with Crippen molar-refractivity contribution in [2.45, 2.75) is 52.0 Å². The molecule has 0 spiro atoms. The lowest BCUT2D eigenvalue weighted by molar-refractivity contribution is -0.136. The van der Waals surface area contributed by atoms with E-state index in [9.17, 15) is 4.79 Å². The fourth-order valence-electron chi connectivity index (χ4n) is 2.49. The van der Waals surface area contributed by atoms with Crippen LogP contribution in [0.2, 0.25) is 0 Å². The highest BCUT2D eigenvalue weighted by Gasteiger charge is 2.38. The first kappa shape index (κ1) is 12.9. The Hall–Kier alpha value is -0.570. The van der Waals surface area contributed by atoms with Gasteiger partial charge >= 0.3 is 0 Å². The van der Waals surface area contributed by atoms with Crippen molar-refractivity contribution in [1.29, 1.82) is 0 Å². The summed E-state index contributed by atoms with van der Waals surface area (Å²) >= 11 is 0. The van der Waals surface area contributed by atoms with Crippen LogP contribution in [0.5, 0.6) is 0 Å². The summed E-state index contributed by atoms with van der Waals surface area (Å²) in [6.07, 6.45) is 5.97. The summed E-state index contributed by atoms with van der Waals surface area (Å²) < 4.78 is 0. The van der Waals surface area contributed by atoms with Crippen molar-refractivity contribution in [2.75, 3.05) is 13.1 Å². The first-order valence-electron chi connectivity index (χ1n) is 7.12. The standard InChI is InChI=1S/C14H26N2O/c1-10(2)7-12(8-15)14(17)16(13-5-6-13)9-11-3-4-11/h10-13H,3-9,15H2,1-2H3. The number of amides is 1. The zero-order valence-electron chi connectivity index (χ0n) is 11.2. The molecule has 1 amide bonds. The molecule has 0 aromatic heterocycles. The Morgan fingerprint density at radius 3 is 2.35 bits per heavy atom. The van der Waals surface area contributed by atoms with E-state index in [0.717, 1.165) is 18.9 Å². The Balaban J connectivity index is 1.92. The Morgan fingerprint density at radius 1 is 1.29 bits per heavy atom. The maximum atomic E-state index is 12.5. The molecule has 0 heterocycles. The highest BCUT2D eigenvalue weighted by molar-refractivity contribution is 5.79. The van der Waals surface area contributed by atoms with E-state index in [1.54, 1.807) is 0 Å². The van der Waals surface area contributed by atoms with E-state index in [2.05, 4.69) is 18.7 Å². The smallest absolute Gasteiger partial charge is 0.227 e. The molecule has 17 heavy (non-hydrogen) atoms. The normalized spacial score (nSPS) is 21.6. The highest BCUT2D eigenvalue weighted by atomic mass is 16.2. The van der Waals surface area contributed by atoms with Crippen LogP contribution in [0.3, 0.4) is 0 Å². The van der Waals surface area contributed by atoms with Gasteiger partial charge in [0.2, 0.25) is 5.91 Å². The molecule has 0 aromatic rings. The molecule has 0 aromatic carbocycles. The van der Waals surface area contributed by atoms with E-state index in [0.29, 0.717) is 24.4 Å². The molecule has 2 fully saturated rings. The molecule has 0 aliphatic heterocycles. The average molecular weight is 238 g/mol. The monoisotopic (exact) mass is 238 g/mol. The molecule has 0 bridgehead atoms. The Bertz CT molecular complexity index is 269. The van der Waals surface area contributed by atoms with Crippen LogP contribution < -0.4 is 5.73 Å². The summed E-state index contributed by atoms with van der Waals surface area (Å²) in [6, 6.07) is 0.546. The van der Waals surface area contributed by atoms with Crippen molar-refractivity contribution in [2.24, 2.45) is 23.5 Å². The first-order valence-corrected chi connectivity index (χ1v) is 7.12. The van der Waals surface area contributed by atoms with Gasteiger partial charge in [-0.1, -0.05) is 13.8 Å². The summed E-state index contributed by atoms with van der Waals surface area (Å²) in [7, 11) is 0. The Labute approximate surface area is 105 Å². The second-order valence-electron chi connectivity index (χ2n) is 6.23. The van der Waals surface area contributed by atoms with E-state index < -0.39 is 0 Å². The van der Waals surface area contributed by atoms with Crippen LogP contribution in [0, 0.1) is 17.8 Å². The van der Waals surface area contributed by atoms with E-state index >= 15 is 0 Å². The minimum absolute atomic E-state index is 0.0503. The summed E-state index contributed by atoms with van der Waals surface area (Å²) in [4.78, 5) is 14.7. The second kappa shape index (κ2) is 5.38. The molecule has 2 N–H and O–H groups in total. The zero-order valence-corrected chi connectivity index (χ0v) is 11.2. The fraction of sp³-hybridized carbons (Fsp3) is 0.929. The third-order valence-electron chi connectivity index (χ3n) is 3.81. The number of rotatable bonds is 7. The van der Waals surface area contributed by atoms with Crippen LogP contribution in [0.25, 0.3) is 0 Å². The lowest BCUT2D eigenvalue weighted by Crippen LogP contribution is -2.42. The molecule has 0 saturated heterocycles. The first-order chi connectivity index (χ1) is 8.11. The van der Waals surface area contributed by atoms with E-state index in [-0.39, 0.29) is 5.92 Å². The zero-order chi connectivity index (χ0) is 12.4. The van der Waals surface area contributed by atoms with Crippen LogP contribution >= 0.6 is 0 Å². The molecule has 0 radical (unpaired) electrons. The SMILES string of the molecule is CC(C)CC(CN)C(=O)N(CC1CC1)C1CC1. The van der Waals surface area contributed by atoms with Gasteiger partial charge < -0.3 is 10.6 Å². The number of nitrogens with zero attached hydrogens (tertiary/aromatic N) is 1. The van der Waals surface area contributed by atoms with Gasteiger partial charge in [-0.2, -0.15) is 0 Å². The predicted molar refractivity (Wildman–Crippen MR) is 69.5 cm³/mol. The number of nitrogens with two attached hydrogens (primary N) is 1. The van der Waals surface area contributed by atoms with Gasteiger partial charge in [0.25, 0.3) is 0 Å². The number of hydrogen-bond acceptors (Lipinski definition) is 2. The summed E-state index contributed by atoms with van der Waals surface area (Å²) in [5.74, 6) is 1.72. The maximum Gasteiger partial charge on any atom is 0.227 e. The van der Waals surface area contributed by atoms with Gasteiger partial charge in [-0.3, -0.25) is 4.79 Å². The van der Waals surface area contributed by atoms with E-state index in [1.807, 2.05) is 0 Å². The van der Waals surface area contributed by atoms with Gasteiger partial charge in [0.1, 0.15) is 0 Å². The van der Waals surface area contributed by atoms with Crippen LogP contribution in [-0.2, 0) is 4.79 Å².